The summed E-state index contributed by atoms with van der Waals surface area (Å²) in [4.78, 5) is 11.3. The molecule has 2 aliphatic rings. The molecule has 0 bridgehead atoms. The monoisotopic (exact) mass is 233 g/mol. The molecule has 2 aliphatic carbocycles. The summed E-state index contributed by atoms with van der Waals surface area (Å²) in [5, 5.41) is 8.49. The van der Waals surface area contributed by atoms with Crippen LogP contribution in [0.1, 0.15) is 79.5 Å². The van der Waals surface area contributed by atoms with Crippen molar-refractivity contribution in [3.05, 3.63) is 11.4 Å². The van der Waals surface area contributed by atoms with E-state index in [0.717, 1.165) is 30.5 Å². The van der Waals surface area contributed by atoms with Crippen LogP contribution in [0.5, 0.6) is 0 Å². The minimum atomic E-state index is 0.447. The van der Waals surface area contributed by atoms with Crippen molar-refractivity contribution >= 4 is 6.29 Å². The normalized spacial score (nSPS) is 22.4. The summed E-state index contributed by atoms with van der Waals surface area (Å²) in [6, 6.07) is 0.447. The first-order chi connectivity index (χ1) is 8.40. The van der Waals surface area contributed by atoms with E-state index in [4.69, 9.17) is 0 Å². The summed E-state index contributed by atoms with van der Waals surface area (Å²) >= 11 is 0. The lowest BCUT2D eigenvalue weighted by Crippen LogP contribution is -2.05. The molecule has 92 valence electrons. The highest BCUT2D eigenvalue weighted by Crippen LogP contribution is 2.37. The van der Waals surface area contributed by atoms with Crippen LogP contribution in [-0.4, -0.2) is 21.3 Å². The van der Waals surface area contributed by atoms with E-state index in [0.29, 0.717) is 12.0 Å². The van der Waals surface area contributed by atoms with Crippen molar-refractivity contribution in [2.24, 2.45) is 0 Å². The Morgan fingerprint density at radius 2 is 1.76 bits per heavy atom. The van der Waals surface area contributed by atoms with Crippen LogP contribution in [0.2, 0.25) is 0 Å². The maximum atomic E-state index is 11.3. The summed E-state index contributed by atoms with van der Waals surface area (Å²) in [5.41, 5.74) is 1.72. The highest BCUT2D eigenvalue weighted by molar-refractivity contribution is 5.74. The fraction of sp³-hybridized carbons (Fsp3) is 0.769. The third kappa shape index (κ3) is 2.13. The smallest absolute Gasteiger partial charge is 0.170 e. The Kier molecular flexibility index (Phi) is 2.95. The Hall–Kier alpha value is -1.19. The van der Waals surface area contributed by atoms with E-state index in [9.17, 15) is 4.79 Å². The third-order valence-corrected chi connectivity index (χ3v) is 4.00. The van der Waals surface area contributed by atoms with Crippen molar-refractivity contribution in [2.75, 3.05) is 0 Å². The molecule has 1 aromatic heterocycles. The third-order valence-electron chi connectivity index (χ3n) is 4.00. The topological polar surface area (TPSA) is 47.8 Å². The zero-order valence-corrected chi connectivity index (χ0v) is 10.1. The fourth-order valence-corrected chi connectivity index (χ4v) is 2.86. The molecule has 0 amide bonds. The van der Waals surface area contributed by atoms with Crippen LogP contribution < -0.4 is 0 Å². The molecule has 0 saturated heterocycles. The summed E-state index contributed by atoms with van der Waals surface area (Å²) in [5.74, 6) is 0.463. The van der Waals surface area contributed by atoms with Crippen molar-refractivity contribution < 1.29 is 4.79 Å². The summed E-state index contributed by atoms with van der Waals surface area (Å²) in [7, 11) is 0. The number of rotatable bonds is 3. The molecule has 0 N–H and O–H groups in total. The lowest BCUT2D eigenvalue weighted by atomic mass is 9.95. The number of aldehydes is 1. The molecule has 0 radical (unpaired) electrons. The predicted octanol–water partition coefficient (Wildman–Crippen LogP) is 2.86. The van der Waals surface area contributed by atoms with Gasteiger partial charge in [-0.05, 0) is 25.7 Å². The lowest BCUT2D eigenvalue weighted by Gasteiger charge is -2.11. The Morgan fingerprint density at radius 3 is 2.35 bits per heavy atom. The summed E-state index contributed by atoms with van der Waals surface area (Å²) in [6.07, 6.45) is 10.8. The van der Waals surface area contributed by atoms with E-state index < -0.39 is 0 Å². The van der Waals surface area contributed by atoms with Gasteiger partial charge in [0.05, 0.1) is 11.7 Å². The summed E-state index contributed by atoms with van der Waals surface area (Å²) in [6.45, 7) is 0. The van der Waals surface area contributed by atoms with Gasteiger partial charge < -0.3 is 0 Å². The van der Waals surface area contributed by atoms with Crippen molar-refractivity contribution in [3.63, 3.8) is 0 Å². The Bertz CT molecular complexity index is 401. The van der Waals surface area contributed by atoms with Crippen molar-refractivity contribution in [1.29, 1.82) is 0 Å². The van der Waals surface area contributed by atoms with Gasteiger partial charge >= 0.3 is 0 Å². The number of carbonyl (C=O) groups is 1. The first kappa shape index (κ1) is 10.9. The molecule has 4 heteroatoms. The van der Waals surface area contributed by atoms with Crippen molar-refractivity contribution in [2.45, 2.75) is 63.3 Å². The van der Waals surface area contributed by atoms with Crippen LogP contribution in [0.4, 0.5) is 0 Å². The second-order valence-electron chi connectivity index (χ2n) is 5.34. The number of carbonyl (C=O) groups excluding carboxylic acids is 1. The molecule has 3 rings (SSSR count). The molecule has 0 aliphatic heterocycles. The van der Waals surface area contributed by atoms with Gasteiger partial charge in [0.25, 0.3) is 0 Å². The standard InChI is InChI=1S/C13H19N3O/c17-9-12-13(10-5-3-1-2-4-6-10)14-15-16(12)11-7-8-11/h9-11H,1-8H2. The number of hydrogen-bond donors (Lipinski definition) is 0. The predicted molar refractivity (Wildman–Crippen MR) is 64.1 cm³/mol. The number of hydrogen-bond acceptors (Lipinski definition) is 3. The van der Waals surface area contributed by atoms with Crippen LogP contribution in [0.25, 0.3) is 0 Å². The van der Waals surface area contributed by atoms with Gasteiger partial charge in [-0.3, -0.25) is 4.79 Å². The summed E-state index contributed by atoms with van der Waals surface area (Å²) < 4.78 is 1.85. The average Bonchev–Trinajstić information content (AvgIpc) is 3.14. The molecule has 0 spiro atoms. The number of aromatic nitrogens is 3. The molecule has 2 saturated carbocycles. The molecule has 0 atom stereocenters. The van der Waals surface area contributed by atoms with Crippen LogP contribution in [0, 0.1) is 0 Å². The Morgan fingerprint density at radius 1 is 1.06 bits per heavy atom. The van der Waals surface area contributed by atoms with Crippen LogP contribution in [-0.2, 0) is 0 Å². The molecule has 1 heterocycles. The van der Waals surface area contributed by atoms with E-state index in [1.807, 2.05) is 4.68 Å². The van der Waals surface area contributed by atoms with Crippen LogP contribution in [0.15, 0.2) is 0 Å². The molecule has 1 aromatic rings. The number of nitrogens with zero attached hydrogens (tertiary/aromatic N) is 3. The second-order valence-corrected chi connectivity index (χ2v) is 5.34. The van der Waals surface area contributed by atoms with E-state index in [1.165, 1.54) is 38.5 Å². The lowest BCUT2D eigenvalue weighted by molar-refractivity contribution is 0.111. The SMILES string of the molecule is O=Cc1c(C2CCCCCC2)nnn1C1CC1. The average molecular weight is 233 g/mol. The highest BCUT2D eigenvalue weighted by atomic mass is 16.1. The van der Waals surface area contributed by atoms with Gasteiger partial charge in [0.1, 0.15) is 5.69 Å². The zero-order valence-electron chi connectivity index (χ0n) is 10.1. The van der Waals surface area contributed by atoms with E-state index in [1.54, 1.807) is 0 Å². The maximum absolute atomic E-state index is 11.3. The van der Waals surface area contributed by atoms with Gasteiger partial charge in [0, 0.05) is 5.92 Å². The zero-order chi connectivity index (χ0) is 11.7. The Labute approximate surface area is 101 Å². The van der Waals surface area contributed by atoms with Gasteiger partial charge in [0.2, 0.25) is 0 Å². The molecule has 0 aromatic carbocycles. The molecule has 2 fully saturated rings. The molecule has 17 heavy (non-hydrogen) atoms. The van der Waals surface area contributed by atoms with Gasteiger partial charge in [-0.15, -0.1) is 5.10 Å². The Balaban J connectivity index is 1.87. The van der Waals surface area contributed by atoms with Crippen LogP contribution in [0.3, 0.4) is 0 Å². The van der Waals surface area contributed by atoms with E-state index in [2.05, 4.69) is 10.3 Å². The fourth-order valence-electron chi connectivity index (χ4n) is 2.86. The maximum Gasteiger partial charge on any atom is 0.170 e. The van der Waals surface area contributed by atoms with Gasteiger partial charge in [0.15, 0.2) is 6.29 Å². The van der Waals surface area contributed by atoms with Gasteiger partial charge in [-0.25, -0.2) is 4.68 Å². The van der Waals surface area contributed by atoms with Gasteiger partial charge in [-0.2, -0.15) is 0 Å². The van der Waals surface area contributed by atoms with E-state index in [-0.39, 0.29) is 0 Å². The second kappa shape index (κ2) is 4.59. The first-order valence-corrected chi connectivity index (χ1v) is 6.80. The molecular weight excluding hydrogens is 214 g/mol. The first-order valence-electron chi connectivity index (χ1n) is 6.80. The largest absolute Gasteiger partial charge is 0.296 e. The minimum Gasteiger partial charge on any atom is -0.296 e. The van der Waals surface area contributed by atoms with E-state index >= 15 is 0 Å². The molecule has 0 unspecified atom stereocenters. The van der Waals surface area contributed by atoms with Crippen molar-refractivity contribution in [3.8, 4) is 0 Å². The molecular formula is C13H19N3O. The minimum absolute atomic E-state index is 0.447. The molecule has 4 nitrogen and oxygen atoms in total. The van der Waals surface area contributed by atoms with Crippen LogP contribution >= 0.6 is 0 Å². The highest BCUT2D eigenvalue weighted by Gasteiger charge is 2.30. The van der Waals surface area contributed by atoms with Gasteiger partial charge in [-0.1, -0.05) is 30.9 Å². The van der Waals surface area contributed by atoms with Crippen molar-refractivity contribution in [1.82, 2.24) is 15.0 Å². The quantitative estimate of drug-likeness (QED) is 0.595.